The molecule has 2 heterocycles. The molecule has 0 amide bonds. The van der Waals surface area contributed by atoms with Crippen molar-refractivity contribution < 1.29 is 9.90 Å². The van der Waals surface area contributed by atoms with Gasteiger partial charge in [0.1, 0.15) is 5.56 Å². The normalized spacial score (nSPS) is 10.9. The van der Waals surface area contributed by atoms with Crippen molar-refractivity contribution in [2.24, 2.45) is 0 Å². The first-order valence-electron chi connectivity index (χ1n) is 4.82. The Hall–Kier alpha value is -1.69. The lowest BCUT2D eigenvalue weighted by molar-refractivity contribution is 0.0698. The summed E-state index contributed by atoms with van der Waals surface area (Å²) in [5.74, 6) is -0.641. The lowest BCUT2D eigenvalue weighted by atomic mass is 10.2. The molecule has 0 unspecified atom stereocenters. The average Bonchev–Trinajstić information content (AvgIpc) is 2.86. The monoisotopic (exact) mass is 237 g/mol. The van der Waals surface area contributed by atoms with Crippen LogP contribution in [0.2, 0.25) is 0 Å². The van der Waals surface area contributed by atoms with Crippen LogP contribution < -0.4 is 0 Å². The van der Waals surface area contributed by atoms with Crippen LogP contribution in [0, 0.1) is 0 Å². The lowest BCUT2D eigenvalue weighted by Crippen LogP contribution is -1.95. The first-order valence-corrected chi connectivity index (χ1v) is 5.64. The van der Waals surface area contributed by atoms with E-state index in [0.29, 0.717) is 11.6 Å². The summed E-state index contributed by atoms with van der Waals surface area (Å²) in [6.07, 6.45) is 2.99. The first kappa shape index (κ1) is 10.8. The molecule has 2 N–H and O–H groups in total. The number of nitrogens with zero attached hydrogens (tertiary/aromatic N) is 2. The van der Waals surface area contributed by atoms with E-state index in [1.54, 1.807) is 6.20 Å². The average molecular weight is 237 g/mol. The number of rotatable bonds is 3. The van der Waals surface area contributed by atoms with Crippen molar-refractivity contribution in [3.63, 3.8) is 0 Å². The van der Waals surface area contributed by atoms with Crippen LogP contribution in [0.4, 0.5) is 0 Å². The van der Waals surface area contributed by atoms with E-state index in [4.69, 9.17) is 5.11 Å². The molecule has 0 atom stereocenters. The predicted molar refractivity (Wildman–Crippen MR) is 60.7 cm³/mol. The van der Waals surface area contributed by atoms with Gasteiger partial charge in [0.05, 0.1) is 21.8 Å². The first-order chi connectivity index (χ1) is 7.59. The molecule has 16 heavy (non-hydrogen) atoms. The van der Waals surface area contributed by atoms with Crippen LogP contribution in [0.5, 0.6) is 0 Å². The highest BCUT2D eigenvalue weighted by Gasteiger charge is 2.16. The predicted octanol–water partition coefficient (Wildman–Crippen LogP) is 2.35. The van der Waals surface area contributed by atoms with Gasteiger partial charge in [-0.3, -0.25) is 5.10 Å². The maximum Gasteiger partial charge on any atom is 0.339 e. The van der Waals surface area contributed by atoms with E-state index in [-0.39, 0.29) is 5.56 Å². The molecule has 0 bridgehead atoms. The van der Waals surface area contributed by atoms with Crippen LogP contribution in [0.1, 0.15) is 35.1 Å². The Morgan fingerprint density at radius 3 is 2.81 bits per heavy atom. The zero-order valence-corrected chi connectivity index (χ0v) is 9.71. The van der Waals surface area contributed by atoms with E-state index in [9.17, 15) is 4.79 Å². The third-order valence-corrected chi connectivity index (χ3v) is 3.45. The highest BCUT2D eigenvalue weighted by molar-refractivity contribution is 7.15. The SMILES string of the molecule is CC(C)c1ncc(-c2[nH]ncc2C(=O)O)s1. The number of aromatic nitrogens is 3. The molecular weight excluding hydrogens is 226 g/mol. The topological polar surface area (TPSA) is 78.9 Å². The number of aromatic carboxylic acids is 1. The Kier molecular flexibility index (Phi) is 2.74. The van der Waals surface area contributed by atoms with Gasteiger partial charge in [0.2, 0.25) is 0 Å². The molecule has 2 rings (SSSR count). The minimum absolute atomic E-state index is 0.180. The Balaban J connectivity index is 2.42. The number of aromatic amines is 1. The second-order valence-electron chi connectivity index (χ2n) is 3.68. The van der Waals surface area contributed by atoms with E-state index in [1.807, 2.05) is 13.8 Å². The summed E-state index contributed by atoms with van der Waals surface area (Å²) in [6, 6.07) is 0. The number of carbonyl (C=O) groups is 1. The third-order valence-electron chi connectivity index (χ3n) is 2.13. The molecule has 0 aliphatic carbocycles. The zero-order chi connectivity index (χ0) is 11.7. The molecule has 0 aliphatic heterocycles. The molecule has 6 heteroatoms. The number of H-pyrrole nitrogens is 1. The van der Waals surface area contributed by atoms with Crippen LogP contribution in [-0.2, 0) is 0 Å². The molecule has 0 spiro atoms. The van der Waals surface area contributed by atoms with Crippen molar-refractivity contribution in [2.75, 3.05) is 0 Å². The van der Waals surface area contributed by atoms with Gasteiger partial charge in [-0.2, -0.15) is 5.10 Å². The fraction of sp³-hybridized carbons (Fsp3) is 0.300. The van der Waals surface area contributed by atoms with E-state index in [2.05, 4.69) is 15.2 Å². The maximum absolute atomic E-state index is 10.9. The minimum Gasteiger partial charge on any atom is -0.478 e. The zero-order valence-electron chi connectivity index (χ0n) is 8.89. The van der Waals surface area contributed by atoms with Crippen molar-refractivity contribution in [1.29, 1.82) is 0 Å². The van der Waals surface area contributed by atoms with Gasteiger partial charge in [-0.05, 0) is 0 Å². The van der Waals surface area contributed by atoms with E-state index in [0.717, 1.165) is 9.88 Å². The summed E-state index contributed by atoms with van der Waals surface area (Å²) < 4.78 is 0. The fourth-order valence-corrected chi connectivity index (χ4v) is 2.24. The molecule has 2 aromatic rings. The molecule has 0 saturated heterocycles. The number of carboxylic acids is 1. The summed E-state index contributed by atoms with van der Waals surface area (Å²) in [7, 11) is 0. The Morgan fingerprint density at radius 2 is 2.25 bits per heavy atom. The van der Waals surface area contributed by atoms with Crippen LogP contribution >= 0.6 is 11.3 Å². The quantitative estimate of drug-likeness (QED) is 0.858. The molecule has 0 fully saturated rings. The number of nitrogens with one attached hydrogen (secondary N) is 1. The van der Waals surface area contributed by atoms with Crippen molar-refractivity contribution in [3.05, 3.63) is 23.0 Å². The second kappa shape index (κ2) is 4.05. The van der Waals surface area contributed by atoms with Crippen LogP contribution in [-0.4, -0.2) is 26.3 Å². The van der Waals surface area contributed by atoms with Crippen LogP contribution in [0.15, 0.2) is 12.4 Å². The standard InChI is InChI=1S/C10H11N3O2S/c1-5(2)9-11-4-7(16-9)8-6(10(14)15)3-12-13-8/h3-5H,1-2H3,(H,12,13)(H,14,15). The maximum atomic E-state index is 10.9. The summed E-state index contributed by atoms with van der Waals surface area (Å²) in [6.45, 7) is 4.10. The number of carboxylic acid groups (broad SMARTS) is 1. The van der Waals surface area contributed by atoms with Crippen molar-refractivity contribution in [2.45, 2.75) is 19.8 Å². The van der Waals surface area contributed by atoms with Gasteiger partial charge < -0.3 is 5.11 Å². The smallest absolute Gasteiger partial charge is 0.339 e. The van der Waals surface area contributed by atoms with Gasteiger partial charge in [0.25, 0.3) is 0 Å². The number of thiazole rings is 1. The van der Waals surface area contributed by atoms with Gasteiger partial charge in [-0.25, -0.2) is 9.78 Å². The minimum atomic E-state index is -0.983. The van der Waals surface area contributed by atoms with Crippen LogP contribution in [0.25, 0.3) is 10.6 Å². The van der Waals surface area contributed by atoms with E-state index < -0.39 is 5.97 Å². The van der Waals surface area contributed by atoms with Crippen molar-refractivity contribution in [3.8, 4) is 10.6 Å². The van der Waals surface area contributed by atoms with Crippen molar-refractivity contribution in [1.82, 2.24) is 15.2 Å². The highest BCUT2D eigenvalue weighted by atomic mass is 32.1. The summed E-state index contributed by atoms with van der Waals surface area (Å²) in [5.41, 5.74) is 0.704. The van der Waals surface area contributed by atoms with Crippen molar-refractivity contribution >= 4 is 17.3 Å². The molecule has 5 nitrogen and oxygen atoms in total. The highest BCUT2D eigenvalue weighted by Crippen LogP contribution is 2.30. The van der Waals surface area contributed by atoms with E-state index >= 15 is 0 Å². The lowest BCUT2D eigenvalue weighted by Gasteiger charge is -1.96. The summed E-state index contributed by atoms with van der Waals surface area (Å²) in [5, 5.41) is 16.4. The molecule has 0 aliphatic rings. The molecule has 2 aromatic heterocycles. The fourth-order valence-electron chi connectivity index (χ4n) is 1.31. The largest absolute Gasteiger partial charge is 0.478 e. The summed E-state index contributed by atoms with van der Waals surface area (Å²) >= 11 is 1.48. The number of hydrogen-bond acceptors (Lipinski definition) is 4. The third kappa shape index (κ3) is 1.83. The Morgan fingerprint density at radius 1 is 1.50 bits per heavy atom. The van der Waals surface area contributed by atoms with Gasteiger partial charge in [-0.1, -0.05) is 13.8 Å². The van der Waals surface area contributed by atoms with Gasteiger partial charge in [0.15, 0.2) is 0 Å². The Bertz CT molecular complexity index is 516. The summed E-state index contributed by atoms with van der Waals surface area (Å²) in [4.78, 5) is 16.0. The van der Waals surface area contributed by atoms with E-state index in [1.165, 1.54) is 17.5 Å². The molecule has 0 aromatic carbocycles. The van der Waals surface area contributed by atoms with Crippen LogP contribution in [0.3, 0.4) is 0 Å². The number of hydrogen-bond donors (Lipinski definition) is 2. The molecule has 0 saturated carbocycles. The molecular formula is C10H11N3O2S. The van der Waals surface area contributed by atoms with Gasteiger partial charge >= 0.3 is 5.97 Å². The van der Waals surface area contributed by atoms with Gasteiger partial charge in [-0.15, -0.1) is 11.3 Å². The second-order valence-corrected chi connectivity index (χ2v) is 4.74. The Labute approximate surface area is 96.2 Å². The van der Waals surface area contributed by atoms with Gasteiger partial charge in [0, 0.05) is 12.1 Å². The molecule has 0 radical (unpaired) electrons. The molecule has 84 valence electrons.